The number of fused-ring (bicyclic) bond motifs is 1. The van der Waals surface area contributed by atoms with Crippen molar-refractivity contribution in [2.45, 2.75) is 25.3 Å². The van der Waals surface area contributed by atoms with Gasteiger partial charge < -0.3 is 5.32 Å². The quantitative estimate of drug-likeness (QED) is 0.610. The molecule has 1 heterocycles. The van der Waals surface area contributed by atoms with Crippen molar-refractivity contribution >= 4 is 23.4 Å². The molecule has 1 N–H and O–H groups in total. The van der Waals surface area contributed by atoms with Gasteiger partial charge in [-0.1, -0.05) is 60.7 Å². The van der Waals surface area contributed by atoms with Crippen molar-refractivity contribution in [1.82, 2.24) is 4.90 Å². The topological polar surface area (TPSA) is 66.5 Å². The van der Waals surface area contributed by atoms with Gasteiger partial charge in [0.05, 0.1) is 24.3 Å². The van der Waals surface area contributed by atoms with Crippen LogP contribution in [0.25, 0.3) is 0 Å². The van der Waals surface area contributed by atoms with Crippen LogP contribution in [0.2, 0.25) is 0 Å². The van der Waals surface area contributed by atoms with E-state index in [-0.39, 0.29) is 47.8 Å². The summed E-state index contributed by atoms with van der Waals surface area (Å²) in [4.78, 5) is 41.1. The lowest BCUT2D eigenvalue weighted by Crippen LogP contribution is -2.38. The van der Waals surface area contributed by atoms with Crippen molar-refractivity contribution in [1.29, 1.82) is 0 Å². The number of benzene rings is 2. The van der Waals surface area contributed by atoms with E-state index in [2.05, 4.69) is 17.5 Å². The van der Waals surface area contributed by atoms with Gasteiger partial charge in [-0.3, -0.25) is 19.3 Å². The number of para-hydroxylation sites is 1. The monoisotopic (exact) mass is 400 g/mol. The molecule has 1 aliphatic heterocycles. The Hall–Kier alpha value is -3.21. The van der Waals surface area contributed by atoms with Crippen LogP contribution in [0.4, 0.5) is 5.69 Å². The number of carbonyl (C=O) groups excluding carboxylic acids is 3. The van der Waals surface area contributed by atoms with Crippen LogP contribution in [0.15, 0.2) is 72.8 Å². The van der Waals surface area contributed by atoms with Crippen LogP contribution in [-0.2, 0) is 14.4 Å². The summed E-state index contributed by atoms with van der Waals surface area (Å²) in [6.07, 6.45) is 6.19. The van der Waals surface area contributed by atoms with Gasteiger partial charge in [-0.2, -0.15) is 0 Å². The maximum atomic E-state index is 13.4. The Labute approximate surface area is 175 Å². The molecule has 0 aromatic heterocycles. The van der Waals surface area contributed by atoms with E-state index in [1.165, 1.54) is 4.90 Å². The highest BCUT2D eigenvalue weighted by Gasteiger charge is 2.58. The van der Waals surface area contributed by atoms with E-state index >= 15 is 0 Å². The van der Waals surface area contributed by atoms with Crippen LogP contribution < -0.4 is 5.32 Å². The van der Waals surface area contributed by atoms with E-state index in [4.69, 9.17) is 0 Å². The molecule has 3 amide bonds. The van der Waals surface area contributed by atoms with Crippen molar-refractivity contribution < 1.29 is 14.4 Å². The van der Waals surface area contributed by atoms with Crippen molar-refractivity contribution in [3.63, 3.8) is 0 Å². The minimum atomic E-state index is -0.597. The third-order valence-corrected chi connectivity index (χ3v) is 6.73. The van der Waals surface area contributed by atoms with Gasteiger partial charge in [0.1, 0.15) is 0 Å². The number of amides is 3. The number of carbonyl (C=O) groups is 3. The standard InChI is InChI=1S/C25H24N2O3/c28-21(26-19-9-5-2-6-10-19)15-20(16-7-3-1-4-8-16)27-24(29)22-17-11-12-18(14-13-17)23(22)25(27)30/h1-12,17-18,20,22-23H,13-15H2,(H,26,28)/t17-,18-,20-,22-,23+/m0/s1. The van der Waals surface area contributed by atoms with E-state index in [0.29, 0.717) is 5.69 Å². The fourth-order valence-corrected chi connectivity index (χ4v) is 5.35. The highest BCUT2D eigenvalue weighted by atomic mass is 16.2. The normalized spacial score (nSPS) is 27.8. The Bertz CT molecular complexity index is 970. The van der Waals surface area contributed by atoms with Crippen LogP contribution in [0.5, 0.6) is 0 Å². The summed E-state index contributed by atoms with van der Waals surface area (Å²) < 4.78 is 0. The predicted octanol–water partition coefficient (Wildman–Crippen LogP) is 3.95. The summed E-state index contributed by atoms with van der Waals surface area (Å²) in [5, 5.41) is 2.89. The molecule has 6 rings (SSSR count). The highest BCUT2D eigenvalue weighted by Crippen LogP contribution is 2.51. The van der Waals surface area contributed by atoms with Gasteiger partial charge in [0, 0.05) is 5.69 Å². The first-order chi connectivity index (χ1) is 14.6. The molecule has 2 fully saturated rings. The second kappa shape index (κ2) is 7.56. The summed E-state index contributed by atoms with van der Waals surface area (Å²) in [6.45, 7) is 0. The van der Waals surface area contributed by atoms with E-state index in [9.17, 15) is 14.4 Å². The minimum Gasteiger partial charge on any atom is -0.326 e. The molecule has 2 aromatic carbocycles. The van der Waals surface area contributed by atoms with Gasteiger partial charge in [0.25, 0.3) is 0 Å². The molecule has 2 bridgehead atoms. The number of imide groups is 1. The fraction of sp³-hybridized carbons (Fsp3) is 0.320. The van der Waals surface area contributed by atoms with Crippen molar-refractivity contribution in [2.24, 2.45) is 23.7 Å². The first-order valence-electron chi connectivity index (χ1n) is 10.6. The van der Waals surface area contributed by atoms with Crippen LogP contribution >= 0.6 is 0 Å². The Morgan fingerprint density at radius 2 is 1.40 bits per heavy atom. The minimum absolute atomic E-state index is 0.0403. The van der Waals surface area contributed by atoms with Gasteiger partial charge in [0.2, 0.25) is 17.7 Å². The van der Waals surface area contributed by atoms with Gasteiger partial charge in [0.15, 0.2) is 0 Å². The summed E-state index contributed by atoms with van der Waals surface area (Å²) in [5.41, 5.74) is 1.51. The number of nitrogens with one attached hydrogen (secondary N) is 1. The van der Waals surface area contributed by atoms with Crippen LogP contribution in [0.1, 0.15) is 30.9 Å². The average Bonchev–Trinajstić information content (AvgIpc) is 3.07. The van der Waals surface area contributed by atoms with Crippen molar-refractivity contribution in [2.75, 3.05) is 5.32 Å². The lowest BCUT2D eigenvalue weighted by molar-refractivity contribution is -0.143. The zero-order chi connectivity index (χ0) is 20.7. The summed E-state index contributed by atoms with van der Waals surface area (Å²) in [7, 11) is 0. The molecule has 2 aromatic rings. The Morgan fingerprint density at radius 1 is 0.867 bits per heavy atom. The molecule has 0 radical (unpaired) electrons. The van der Waals surface area contributed by atoms with Crippen LogP contribution in [0, 0.1) is 23.7 Å². The van der Waals surface area contributed by atoms with Gasteiger partial charge >= 0.3 is 0 Å². The molecule has 0 unspecified atom stereocenters. The number of allylic oxidation sites excluding steroid dienone is 2. The zero-order valence-electron chi connectivity index (χ0n) is 16.6. The third kappa shape index (κ3) is 3.15. The number of likely N-dealkylation sites (tertiary alicyclic amines) is 1. The van der Waals surface area contributed by atoms with E-state index in [0.717, 1.165) is 18.4 Å². The molecule has 152 valence electrons. The van der Waals surface area contributed by atoms with E-state index in [1.807, 2.05) is 60.7 Å². The van der Waals surface area contributed by atoms with E-state index in [1.54, 1.807) is 0 Å². The summed E-state index contributed by atoms with van der Waals surface area (Å²) in [6, 6.07) is 18.0. The Kier molecular flexibility index (Phi) is 4.74. The first-order valence-corrected chi connectivity index (χ1v) is 10.6. The zero-order valence-corrected chi connectivity index (χ0v) is 16.6. The second-order valence-corrected chi connectivity index (χ2v) is 8.43. The average molecular weight is 400 g/mol. The van der Waals surface area contributed by atoms with Gasteiger partial charge in [-0.25, -0.2) is 0 Å². The van der Waals surface area contributed by atoms with Crippen LogP contribution in [0.3, 0.4) is 0 Å². The molecule has 5 nitrogen and oxygen atoms in total. The first kappa shape index (κ1) is 18.8. The Morgan fingerprint density at radius 3 is 1.93 bits per heavy atom. The van der Waals surface area contributed by atoms with Gasteiger partial charge in [-0.05, 0) is 42.4 Å². The fourth-order valence-electron chi connectivity index (χ4n) is 5.35. The maximum absolute atomic E-state index is 13.4. The molecular formula is C25H24N2O3. The van der Waals surface area contributed by atoms with Crippen LogP contribution in [-0.4, -0.2) is 22.6 Å². The molecule has 30 heavy (non-hydrogen) atoms. The molecule has 0 spiro atoms. The third-order valence-electron chi connectivity index (χ3n) is 6.73. The lowest BCUT2D eigenvalue weighted by atomic mass is 9.63. The molecule has 1 saturated heterocycles. The van der Waals surface area contributed by atoms with E-state index < -0.39 is 6.04 Å². The number of nitrogens with zero attached hydrogens (tertiary/aromatic N) is 1. The highest BCUT2D eigenvalue weighted by molar-refractivity contribution is 6.07. The number of anilines is 1. The maximum Gasteiger partial charge on any atom is 0.234 e. The Balaban J connectivity index is 1.45. The summed E-state index contributed by atoms with van der Waals surface area (Å²) in [5.74, 6) is -0.733. The van der Waals surface area contributed by atoms with Crippen molar-refractivity contribution in [3.8, 4) is 0 Å². The molecular weight excluding hydrogens is 376 g/mol. The summed E-state index contributed by atoms with van der Waals surface area (Å²) >= 11 is 0. The molecule has 1 saturated carbocycles. The number of hydrogen-bond donors (Lipinski definition) is 1. The second-order valence-electron chi connectivity index (χ2n) is 8.43. The smallest absolute Gasteiger partial charge is 0.234 e. The molecule has 5 atom stereocenters. The molecule has 3 aliphatic carbocycles. The van der Waals surface area contributed by atoms with Gasteiger partial charge in [-0.15, -0.1) is 0 Å². The SMILES string of the molecule is O=C(C[C@@H](c1ccccc1)N1C(=O)[C@@H]2[C@H](C1=O)[C@H]1C=C[C@H]2CC1)Nc1ccccc1. The molecule has 5 heteroatoms. The number of rotatable bonds is 5. The van der Waals surface area contributed by atoms with Crippen molar-refractivity contribution in [3.05, 3.63) is 78.4 Å². The predicted molar refractivity (Wildman–Crippen MR) is 113 cm³/mol. The lowest BCUT2D eigenvalue weighted by Gasteiger charge is -2.38. The largest absolute Gasteiger partial charge is 0.326 e. The number of hydrogen-bond acceptors (Lipinski definition) is 3. The molecule has 4 aliphatic rings.